The van der Waals surface area contributed by atoms with Gasteiger partial charge in [0.2, 0.25) is 0 Å². The van der Waals surface area contributed by atoms with Gasteiger partial charge in [0.15, 0.2) is 0 Å². The number of rotatable bonds is 4. The molecule has 186 valence electrons. The Morgan fingerprint density at radius 3 is 2.24 bits per heavy atom. The van der Waals surface area contributed by atoms with Crippen molar-refractivity contribution >= 4 is 51.0 Å². The normalized spacial score (nSPS) is 13.7. The first-order chi connectivity index (χ1) is 18.2. The van der Waals surface area contributed by atoms with Crippen molar-refractivity contribution < 1.29 is 19.6 Å². The Kier molecular flexibility index (Phi) is 5.72. The summed E-state index contributed by atoms with van der Waals surface area (Å²) in [5.74, 6) is -0.963. The second-order valence-corrected chi connectivity index (χ2v) is 8.36. The molecule has 0 unspecified atom stereocenters. The Morgan fingerprint density at radius 2 is 1.55 bits per heavy atom. The minimum Gasteiger partial charge on any atom is -0.354 e. The zero-order valence-electron chi connectivity index (χ0n) is 19.4. The number of carbonyl (C=O) groups is 1. The number of carbonyl (C=O) groups excluding carboxylic acids is 1. The molecule has 2 aliphatic carbocycles. The summed E-state index contributed by atoms with van der Waals surface area (Å²) in [4.78, 5) is 46.0. The quantitative estimate of drug-likeness (QED) is 0.273. The van der Waals surface area contributed by atoms with Crippen LogP contribution in [0.4, 0.5) is 5.69 Å². The van der Waals surface area contributed by atoms with Crippen LogP contribution in [0, 0.1) is 30.3 Å². The van der Waals surface area contributed by atoms with Gasteiger partial charge in [0.05, 0.1) is 31.9 Å². The highest BCUT2D eigenvalue weighted by atomic mass is 16.6. The smallest absolute Gasteiger partial charge is 0.323 e. The van der Waals surface area contributed by atoms with E-state index in [1.54, 1.807) is 0 Å². The van der Waals surface area contributed by atoms with E-state index in [2.05, 4.69) is 48.0 Å². The molecule has 0 saturated heterocycles. The molecule has 1 aromatic heterocycles. The van der Waals surface area contributed by atoms with E-state index >= 15 is 0 Å². The predicted octanol–water partition coefficient (Wildman–Crippen LogP) is 5.69. The lowest BCUT2D eigenvalue weighted by Gasteiger charge is -2.10. The maximum atomic E-state index is 12.1. The molecule has 11 heteroatoms. The van der Waals surface area contributed by atoms with E-state index in [1.807, 2.05) is 12.1 Å². The number of ketones is 1. The number of non-ortho nitro benzene ring substituents is 1. The van der Waals surface area contributed by atoms with Crippen LogP contribution >= 0.6 is 0 Å². The lowest BCUT2D eigenvalue weighted by Crippen LogP contribution is -2.20. The highest BCUT2D eigenvalue weighted by Gasteiger charge is 2.42. The molecule has 1 heterocycles. The van der Waals surface area contributed by atoms with Gasteiger partial charge < -0.3 is 4.98 Å². The fourth-order valence-corrected chi connectivity index (χ4v) is 4.59. The number of benzene rings is 3. The molecule has 6 rings (SSSR count). The van der Waals surface area contributed by atoms with E-state index in [0.29, 0.717) is 6.08 Å². The third kappa shape index (κ3) is 3.84. The van der Waals surface area contributed by atoms with Crippen LogP contribution in [0.1, 0.15) is 16.7 Å². The van der Waals surface area contributed by atoms with Gasteiger partial charge in [-0.05, 0) is 34.9 Å². The molecule has 2 aliphatic rings. The molecule has 0 atom stereocenters. The number of aromatic amines is 1. The van der Waals surface area contributed by atoms with Gasteiger partial charge in [0.25, 0.3) is 17.2 Å². The molecular weight excluding hydrogens is 492 g/mol. The van der Waals surface area contributed by atoms with Crippen LogP contribution in [-0.2, 0) is 4.79 Å². The number of para-hydroxylation sites is 2. The minimum absolute atomic E-state index is 0.0597. The summed E-state index contributed by atoms with van der Waals surface area (Å²) in [6.45, 7) is 3.83. The Bertz CT molecular complexity index is 1840. The van der Waals surface area contributed by atoms with Crippen LogP contribution in [0.2, 0.25) is 0 Å². The Hall–Kier alpha value is -5.71. The van der Waals surface area contributed by atoms with Gasteiger partial charge in [-0.1, -0.05) is 49.1 Å². The largest absolute Gasteiger partial charge is 0.354 e. The van der Waals surface area contributed by atoms with Gasteiger partial charge in [0.1, 0.15) is 0 Å². The van der Waals surface area contributed by atoms with Gasteiger partial charge in [0, 0.05) is 34.0 Å². The monoisotopic (exact) mass is 508 g/mol. The van der Waals surface area contributed by atoms with Crippen LogP contribution in [0.25, 0.3) is 39.5 Å². The summed E-state index contributed by atoms with van der Waals surface area (Å²) in [7, 11) is 0. The Labute approximate surface area is 213 Å². The summed E-state index contributed by atoms with van der Waals surface area (Å²) in [6.07, 6.45) is 3.70. The van der Waals surface area contributed by atoms with E-state index in [9.17, 15) is 35.1 Å². The highest BCUT2D eigenvalue weighted by Crippen LogP contribution is 2.43. The van der Waals surface area contributed by atoms with Crippen LogP contribution in [0.3, 0.4) is 0 Å². The first-order valence-corrected chi connectivity index (χ1v) is 11.1. The average molecular weight is 508 g/mol. The molecule has 11 nitrogen and oxygen atoms in total. The van der Waals surface area contributed by atoms with Crippen molar-refractivity contribution in [1.29, 1.82) is 0 Å². The van der Waals surface area contributed by atoms with Crippen molar-refractivity contribution in [1.82, 2.24) is 4.98 Å². The third-order valence-corrected chi connectivity index (χ3v) is 6.28. The third-order valence-electron chi connectivity index (χ3n) is 6.28. The molecule has 3 aromatic carbocycles. The summed E-state index contributed by atoms with van der Waals surface area (Å²) in [5.41, 5.74) is 1.98. The van der Waals surface area contributed by atoms with Crippen molar-refractivity contribution in [3.05, 3.63) is 137 Å². The summed E-state index contributed by atoms with van der Waals surface area (Å²) in [6, 6.07) is 18.2. The van der Waals surface area contributed by atoms with Crippen LogP contribution in [0.15, 0.2) is 90.3 Å². The molecule has 0 bridgehead atoms. The maximum absolute atomic E-state index is 12.1. The molecule has 0 aliphatic heterocycles. The Balaban J connectivity index is 0.000000168. The molecule has 4 aromatic rings. The molecule has 38 heavy (non-hydrogen) atoms. The summed E-state index contributed by atoms with van der Waals surface area (Å²) in [5, 5.41) is 35.4. The van der Waals surface area contributed by atoms with E-state index < -0.39 is 31.9 Å². The number of nitrogens with one attached hydrogen (secondary N) is 1. The number of aromatic nitrogens is 1. The van der Waals surface area contributed by atoms with Crippen molar-refractivity contribution in [3.63, 3.8) is 0 Å². The number of H-pyrrole nitrogens is 1. The first kappa shape index (κ1) is 24.0. The van der Waals surface area contributed by atoms with Crippen molar-refractivity contribution in [2.24, 2.45) is 0 Å². The second kappa shape index (κ2) is 9.06. The molecular formula is C27H16N4O7. The molecule has 0 radical (unpaired) electrons. The number of nitrogens with zero attached hydrogens (tertiary/aromatic N) is 3. The molecule has 0 saturated carbocycles. The topological polar surface area (TPSA) is 162 Å². The summed E-state index contributed by atoms with van der Waals surface area (Å²) < 4.78 is 0. The zero-order chi connectivity index (χ0) is 27.1. The van der Waals surface area contributed by atoms with Crippen LogP contribution in [0.5, 0.6) is 0 Å². The number of Topliss-reactive ketones (excluding diaryl/α,β-unsaturated/α-hetero) is 1. The number of nitro benzene ring substituents is 1. The Morgan fingerprint density at radius 1 is 0.816 bits per heavy atom. The minimum atomic E-state index is -0.991. The van der Waals surface area contributed by atoms with E-state index in [1.165, 1.54) is 33.9 Å². The number of hydrogen-bond acceptors (Lipinski definition) is 7. The number of fused-ring (bicyclic) bond motifs is 6. The fourth-order valence-electron chi connectivity index (χ4n) is 4.59. The van der Waals surface area contributed by atoms with Crippen molar-refractivity contribution in [2.75, 3.05) is 0 Å². The average Bonchev–Trinajstić information content (AvgIpc) is 3.47. The highest BCUT2D eigenvalue weighted by molar-refractivity contribution is 6.25. The maximum Gasteiger partial charge on any atom is 0.323 e. The molecule has 0 spiro atoms. The van der Waals surface area contributed by atoms with Crippen LogP contribution in [-0.4, -0.2) is 25.5 Å². The first-order valence-electron chi connectivity index (χ1n) is 11.1. The van der Waals surface area contributed by atoms with Gasteiger partial charge in [-0.15, -0.1) is 0 Å². The zero-order valence-corrected chi connectivity index (χ0v) is 19.4. The molecule has 1 N–H and O–H groups in total. The van der Waals surface area contributed by atoms with Crippen molar-refractivity contribution in [2.45, 2.75) is 0 Å². The second-order valence-electron chi connectivity index (χ2n) is 8.36. The van der Waals surface area contributed by atoms with E-state index in [-0.39, 0.29) is 28.0 Å². The van der Waals surface area contributed by atoms with Gasteiger partial charge >= 0.3 is 5.70 Å². The van der Waals surface area contributed by atoms with Crippen LogP contribution < -0.4 is 0 Å². The van der Waals surface area contributed by atoms with E-state index in [4.69, 9.17) is 0 Å². The van der Waals surface area contributed by atoms with Gasteiger partial charge in [-0.2, -0.15) is 0 Å². The predicted molar refractivity (Wildman–Crippen MR) is 141 cm³/mol. The number of hydrogen-bond donors (Lipinski definition) is 1. The fraction of sp³-hybridized carbons (Fsp3) is 0. The van der Waals surface area contributed by atoms with Crippen molar-refractivity contribution in [3.8, 4) is 0 Å². The lowest BCUT2D eigenvalue weighted by molar-refractivity contribution is -0.430. The van der Waals surface area contributed by atoms with Gasteiger partial charge in [-0.3, -0.25) is 35.1 Å². The number of allylic oxidation sites excluding steroid dienone is 3. The van der Waals surface area contributed by atoms with Gasteiger partial charge in [-0.25, -0.2) is 0 Å². The SMILES string of the molecule is C=Cc1cccc2c1[nH]c1ccccc12.O=C1C2=Cc3cc([N+](=O)[O-])ccc3C2=C([N+](=O)[O-])C=C1[N+](=O)[O-]. The standard InChI is InChI=1S/C14H11N.C13H5N3O7/c1-2-10-6-5-8-12-11-7-3-4-9-13(11)15-14(10)12;17-13-9-4-6-3-7(14(18)19)1-2-8(6)12(9)10(15(20)21)5-11(13)16(22)23/h2-9,15H,1H2;1-5H. The molecule has 0 amide bonds. The molecule has 0 fully saturated rings. The summed E-state index contributed by atoms with van der Waals surface area (Å²) >= 11 is 0. The lowest BCUT2D eigenvalue weighted by atomic mass is 9.92. The van der Waals surface area contributed by atoms with E-state index in [0.717, 1.165) is 17.7 Å². The number of nitro groups is 3.